The smallest absolute Gasteiger partial charge is 0.417 e. The minimum absolute atomic E-state index is 0.00702. The normalized spacial score (nSPS) is 9.56. The summed E-state index contributed by atoms with van der Waals surface area (Å²) in [7, 11) is 0. The molecular weight excluding hydrogens is 252 g/mol. The molecular formula is C9H14O5S2. The molecule has 0 atom stereocenters. The third kappa shape index (κ3) is 8.49. The van der Waals surface area contributed by atoms with E-state index in [1.54, 1.807) is 0 Å². The molecule has 5 nitrogen and oxygen atoms in total. The molecule has 0 aromatic heterocycles. The van der Waals surface area contributed by atoms with Crippen molar-refractivity contribution in [2.24, 2.45) is 0 Å². The van der Waals surface area contributed by atoms with Crippen molar-refractivity contribution in [3.05, 3.63) is 0 Å². The molecule has 0 spiro atoms. The highest BCUT2D eigenvalue weighted by Gasteiger charge is 2.12. The second-order valence-corrected chi connectivity index (χ2v) is 4.44. The highest BCUT2D eigenvalue weighted by molar-refractivity contribution is 8.22. The van der Waals surface area contributed by atoms with Crippen molar-refractivity contribution in [1.29, 1.82) is 0 Å². The van der Waals surface area contributed by atoms with Gasteiger partial charge in [-0.2, -0.15) is 0 Å². The lowest BCUT2D eigenvalue weighted by Gasteiger charge is -2.05. The van der Waals surface area contributed by atoms with E-state index < -0.39 is 11.9 Å². The van der Waals surface area contributed by atoms with E-state index in [1.165, 1.54) is 11.8 Å². The van der Waals surface area contributed by atoms with Crippen molar-refractivity contribution in [1.82, 2.24) is 0 Å². The highest BCUT2D eigenvalue weighted by atomic mass is 32.2. The maximum Gasteiger partial charge on any atom is 0.417 e. The molecule has 0 bridgehead atoms. The lowest BCUT2D eigenvalue weighted by Crippen LogP contribution is -2.17. The van der Waals surface area contributed by atoms with E-state index in [-0.39, 0.29) is 6.61 Å². The molecule has 0 aliphatic heterocycles. The Labute approximate surface area is 103 Å². The Morgan fingerprint density at radius 1 is 1.31 bits per heavy atom. The molecule has 0 aromatic carbocycles. The van der Waals surface area contributed by atoms with Crippen molar-refractivity contribution in [2.75, 3.05) is 19.0 Å². The molecule has 0 saturated carbocycles. The van der Waals surface area contributed by atoms with Gasteiger partial charge in [-0.05, 0) is 18.6 Å². The molecule has 1 N–H and O–H groups in total. The molecule has 0 heterocycles. The standard InChI is InChI=1S/C9H14O5S2/c1-2-3-4-14-9(15)16-6-5-13-8(12)7(10)11/h2-6H2,1H3,(H,10,11). The molecule has 0 amide bonds. The monoisotopic (exact) mass is 266 g/mol. The fourth-order valence-electron chi connectivity index (χ4n) is 0.663. The summed E-state index contributed by atoms with van der Waals surface area (Å²) in [5.74, 6) is -2.45. The van der Waals surface area contributed by atoms with Gasteiger partial charge in [0, 0.05) is 5.75 Å². The second-order valence-electron chi connectivity index (χ2n) is 2.74. The van der Waals surface area contributed by atoms with E-state index in [1.807, 2.05) is 6.92 Å². The Morgan fingerprint density at radius 3 is 2.56 bits per heavy atom. The Hall–Kier alpha value is -0.820. The summed E-state index contributed by atoms with van der Waals surface area (Å²) in [6.45, 7) is 2.63. The topological polar surface area (TPSA) is 72.8 Å². The summed E-state index contributed by atoms with van der Waals surface area (Å²) in [6, 6.07) is 0. The van der Waals surface area contributed by atoms with Gasteiger partial charge >= 0.3 is 11.9 Å². The van der Waals surface area contributed by atoms with Crippen LogP contribution in [0.3, 0.4) is 0 Å². The number of carboxylic acids is 1. The Balaban J connectivity index is 3.41. The first-order valence-electron chi connectivity index (χ1n) is 4.77. The number of thiocarbonyl (C=S) groups is 1. The Morgan fingerprint density at radius 2 is 2.00 bits per heavy atom. The lowest BCUT2D eigenvalue weighted by atomic mass is 10.4. The van der Waals surface area contributed by atoms with Gasteiger partial charge in [0.2, 0.25) is 4.38 Å². The number of ether oxygens (including phenoxy) is 2. The van der Waals surface area contributed by atoms with Crippen molar-refractivity contribution in [3.63, 3.8) is 0 Å². The van der Waals surface area contributed by atoms with Crippen LogP contribution in [0.25, 0.3) is 0 Å². The van der Waals surface area contributed by atoms with Crippen LogP contribution < -0.4 is 0 Å². The maximum atomic E-state index is 10.5. The molecule has 0 aliphatic rings. The number of thioether (sulfide) groups is 1. The molecule has 16 heavy (non-hydrogen) atoms. The van der Waals surface area contributed by atoms with Crippen LogP contribution in [0.1, 0.15) is 19.8 Å². The fraction of sp³-hybridized carbons (Fsp3) is 0.667. The van der Waals surface area contributed by atoms with Crippen LogP contribution in [-0.4, -0.2) is 40.4 Å². The molecule has 7 heteroatoms. The summed E-state index contributed by atoms with van der Waals surface area (Å²) in [6.07, 6.45) is 1.97. The van der Waals surface area contributed by atoms with Gasteiger partial charge in [-0.1, -0.05) is 25.1 Å². The number of carboxylic acid groups (broad SMARTS) is 1. The summed E-state index contributed by atoms with van der Waals surface area (Å²) < 4.78 is 9.97. The van der Waals surface area contributed by atoms with Crippen LogP contribution in [0.15, 0.2) is 0 Å². The summed E-state index contributed by atoms with van der Waals surface area (Å²) in [5.41, 5.74) is 0. The van der Waals surface area contributed by atoms with E-state index in [2.05, 4.69) is 4.74 Å². The average molecular weight is 266 g/mol. The van der Waals surface area contributed by atoms with Gasteiger partial charge in [0.1, 0.15) is 6.61 Å². The van der Waals surface area contributed by atoms with Gasteiger partial charge < -0.3 is 14.6 Å². The molecule has 0 rings (SSSR count). The molecule has 0 aliphatic carbocycles. The SMILES string of the molecule is CCCCOC(=S)SCCOC(=O)C(=O)O. The first-order valence-corrected chi connectivity index (χ1v) is 6.17. The third-order valence-electron chi connectivity index (χ3n) is 1.43. The average Bonchev–Trinajstić information content (AvgIpc) is 2.24. The van der Waals surface area contributed by atoms with E-state index >= 15 is 0 Å². The quantitative estimate of drug-likeness (QED) is 0.337. The van der Waals surface area contributed by atoms with E-state index in [9.17, 15) is 9.59 Å². The number of rotatable bonds is 6. The van der Waals surface area contributed by atoms with Crippen molar-refractivity contribution >= 4 is 40.3 Å². The van der Waals surface area contributed by atoms with Gasteiger partial charge in [0.25, 0.3) is 0 Å². The molecule has 92 valence electrons. The molecule has 0 fully saturated rings. The Bertz CT molecular complexity index is 254. The summed E-state index contributed by atoms with van der Waals surface area (Å²) in [5, 5.41) is 8.20. The number of carbonyl (C=O) groups is 2. The highest BCUT2D eigenvalue weighted by Crippen LogP contribution is 2.06. The predicted molar refractivity (Wildman–Crippen MR) is 64.5 cm³/mol. The second kappa shape index (κ2) is 9.41. The molecule has 0 unspecified atom stereocenters. The zero-order chi connectivity index (χ0) is 12.4. The van der Waals surface area contributed by atoms with Gasteiger partial charge in [0.05, 0.1) is 6.61 Å². The van der Waals surface area contributed by atoms with Crippen molar-refractivity contribution in [2.45, 2.75) is 19.8 Å². The van der Waals surface area contributed by atoms with Crippen molar-refractivity contribution in [3.8, 4) is 0 Å². The minimum atomic E-state index is -1.59. The predicted octanol–water partition coefficient (Wildman–Crippen LogP) is 1.45. The number of esters is 1. The van der Waals surface area contributed by atoms with Crippen LogP contribution in [0.2, 0.25) is 0 Å². The zero-order valence-corrected chi connectivity index (χ0v) is 10.6. The number of unbranched alkanes of at least 4 members (excludes halogenated alkanes) is 1. The summed E-state index contributed by atoms with van der Waals surface area (Å²) in [4.78, 5) is 20.6. The van der Waals surface area contributed by atoms with Gasteiger partial charge in [-0.15, -0.1) is 0 Å². The van der Waals surface area contributed by atoms with Crippen LogP contribution in [0, 0.1) is 0 Å². The Kier molecular flexibility index (Phi) is 8.93. The van der Waals surface area contributed by atoms with E-state index in [0.717, 1.165) is 12.8 Å². The first kappa shape index (κ1) is 15.2. The molecule has 0 aromatic rings. The lowest BCUT2D eigenvalue weighted by molar-refractivity contribution is -0.163. The van der Waals surface area contributed by atoms with Crippen LogP contribution in [0.5, 0.6) is 0 Å². The molecule has 0 saturated heterocycles. The van der Waals surface area contributed by atoms with Gasteiger partial charge in [-0.3, -0.25) is 0 Å². The first-order chi connectivity index (χ1) is 7.57. The number of aliphatic carboxylic acids is 1. The number of carbonyl (C=O) groups excluding carboxylic acids is 1. The third-order valence-corrected chi connectivity index (χ3v) is 2.62. The fourth-order valence-corrected chi connectivity index (χ4v) is 1.50. The van der Waals surface area contributed by atoms with Crippen LogP contribution in [0.4, 0.5) is 0 Å². The molecule has 0 radical (unpaired) electrons. The maximum absolute atomic E-state index is 10.5. The zero-order valence-electron chi connectivity index (χ0n) is 8.93. The number of hydrogen-bond acceptors (Lipinski definition) is 6. The van der Waals surface area contributed by atoms with E-state index in [0.29, 0.717) is 16.7 Å². The largest absolute Gasteiger partial charge is 0.479 e. The summed E-state index contributed by atoms with van der Waals surface area (Å²) >= 11 is 6.10. The number of hydrogen-bond donors (Lipinski definition) is 1. The minimum Gasteiger partial charge on any atom is -0.479 e. The van der Waals surface area contributed by atoms with Crippen molar-refractivity contribution < 1.29 is 24.2 Å². The van der Waals surface area contributed by atoms with Gasteiger partial charge in [-0.25, -0.2) is 9.59 Å². The van der Waals surface area contributed by atoms with Gasteiger partial charge in [0.15, 0.2) is 0 Å². The van der Waals surface area contributed by atoms with E-state index in [4.69, 9.17) is 22.1 Å². The van der Waals surface area contributed by atoms with Crippen LogP contribution >= 0.6 is 24.0 Å². The van der Waals surface area contributed by atoms with Crippen LogP contribution in [-0.2, 0) is 19.1 Å².